The van der Waals surface area contributed by atoms with Crippen molar-refractivity contribution >= 4 is 28.9 Å². The van der Waals surface area contributed by atoms with Crippen LogP contribution in [0, 0.1) is 5.92 Å². The van der Waals surface area contributed by atoms with Crippen LogP contribution in [0.5, 0.6) is 5.75 Å². The fourth-order valence-corrected chi connectivity index (χ4v) is 3.15. The van der Waals surface area contributed by atoms with Crippen LogP contribution in [0.25, 0.3) is 0 Å². The van der Waals surface area contributed by atoms with Crippen molar-refractivity contribution in [2.45, 2.75) is 39.0 Å². The summed E-state index contributed by atoms with van der Waals surface area (Å²) in [6, 6.07) is 7.63. The molecule has 1 heterocycles. The molecule has 25 heavy (non-hydrogen) atoms. The van der Waals surface area contributed by atoms with Gasteiger partial charge in [0.25, 0.3) is 0 Å². The topological polar surface area (TPSA) is 53.6 Å². The van der Waals surface area contributed by atoms with Gasteiger partial charge in [0.15, 0.2) is 5.11 Å². The predicted molar refractivity (Wildman–Crippen MR) is 106 cm³/mol. The fourth-order valence-electron chi connectivity index (χ4n) is 2.93. The van der Waals surface area contributed by atoms with Gasteiger partial charge in [0.05, 0.1) is 12.5 Å². The number of unbranched alkanes of at least 4 members (excludes halogenated alkanes) is 2. The first kappa shape index (κ1) is 19.7. The molecule has 0 saturated carbocycles. The maximum Gasteiger partial charge on any atom is 0.230 e. The molecule has 0 bridgehead atoms. The molecule has 1 unspecified atom stereocenters. The number of carbonyl (C=O) groups is 1. The van der Waals surface area contributed by atoms with Crippen molar-refractivity contribution in [3.05, 3.63) is 24.3 Å². The van der Waals surface area contributed by atoms with E-state index >= 15 is 0 Å². The molecule has 5 nitrogen and oxygen atoms in total. The van der Waals surface area contributed by atoms with Crippen molar-refractivity contribution in [3.8, 4) is 5.75 Å². The molecule has 1 atom stereocenters. The van der Waals surface area contributed by atoms with Crippen molar-refractivity contribution in [1.29, 1.82) is 0 Å². The Hall–Kier alpha value is -1.66. The SMILES string of the molecule is CCCCCOc1ccc(NC(=S)NC(=O)C2CCCN(C)C2)cc1. The van der Waals surface area contributed by atoms with Gasteiger partial charge in [-0.05, 0) is 69.3 Å². The van der Waals surface area contributed by atoms with Gasteiger partial charge in [-0.15, -0.1) is 0 Å². The van der Waals surface area contributed by atoms with Gasteiger partial charge in [-0.2, -0.15) is 0 Å². The number of amides is 1. The van der Waals surface area contributed by atoms with E-state index in [4.69, 9.17) is 17.0 Å². The Balaban J connectivity index is 1.75. The number of benzene rings is 1. The van der Waals surface area contributed by atoms with Crippen molar-refractivity contribution in [3.63, 3.8) is 0 Å². The van der Waals surface area contributed by atoms with Crippen LogP contribution in [0.15, 0.2) is 24.3 Å². The molecule has 1 amide bonds. The minimum absolute atomic E-state index is 0.0000670. The van der Waals surface area contributed by atoms with Crippen molar-refractivity contribution in [2.75, 3.05) is 32.1 Å². The number of nitrogens with one attached hydrogen (secondary N) is 2. The molecular formula is C19H29N3O2S. The van der Waals surface area contributed by atoms with E-state index in [-0.39, 0.29) is 11.8 Å². The van der Waals surface area contributed by atoms with E-state index in [2.05, 4.69) is 22.5 Å². The average Bonchev–Trinajstić information content (AvgIpc) is 2.60. The van der Waals surface area contributed by atoms with Gasteiger partial charge in [0.2, 0.25) is 5.91 Å². The first-order chi connectivity index (χ1) is 12.1. The fraction of sp³-hybridized carbons (Fsp3) is 0.579. The molecule has 1 aliphatic heterocycles. The van der Waals surface area contributed by atoms with E-state index in [1.54, 1.807) is 0 Å². The number of anilines is 1. The standard InChI is InChI=1S/C19H29N3O2S/c1-3-4-5-13-24-17-10-8-16(9-11-17)20-19(25)21-18(23)15-7-6-12-22(2)14-15/h8-11,15H,3-7,12-14H2,1-2H3,(H2,20,21,23,25). The molecular weight excluding hydrogens is 334 g/mol. The minimum atomic E-state index is -0.0000670. The van der Waals surface area contributed by atoms with Crippen LogP contribution in [0.3, 0.4) is 0 Å². The van der Waals surface area contributed by atoms with E-state index < -0.39 is 0 Å². The highest BCUT2D eigenvalue weighted by Gasteiger charge is 2.24. The van der Waals surface area contributed by atoms with Gasteiger partial charge in [-0.1, -0.05) is 19.8 Å². The monoisotopic (exact) mass is 363 g/mol. The summed E-state index contributed by atoms with van der Waals surface area (Å²) in [5, 5.41) is 6.20. The zero-order chi connectivity index (χ0) is 18.1. The Bertz CT molecular complexity index is 562. The number of thiocarbonyl (C=S) groups is 1. The van der Waals surface area contributed by atoms with Gasteiger partial charge in [0.1, 0.15) is 5.75 Å². The van der Waals surface area contributed by atoms with E-state index in [0.717, 1.165) is 50.4 Å². The molecule has 0 aromatic heterocycles. The van der Waals surface area contributed by atoms with Crippen LogP contribution >= 0.6 is 12.2 Å². The molecule has 0 spiro atoms. The zero-order valence-corrected chi connectivity index (χ0v) is 16.0. The summed E-state index contributed by atoms with van der Waals surface area (Å²) in [6.07, 6.45) is 5.41. The van der Waals surface area contributed by atoms with Crippen LogP contribution in [-0.2, 0) is 4.79 Å². The Morgan fingerprint density at radius 2 is 2.08 bits per heavy atom. The highest BCUT2D eigenvalue weighted by atomic mass is 32.1. The van der Waals surface area contributed by atoms with Crippen molar-refractivity contribution in [1.82, 2.24) is 10.2 Å². The highest BCUT2D eigenvalue weighted by molar-refractivity contribution is 7.80. The molecule has 1 aliphatic rings. The number of hydrogen-bond donors (Lipinski definition) is 2. The van der Waals surface area contributed by atoms with E-state index in [0.29, 0.717) is 5.11 Å². The summed E-state index contributed by atoms with van der Waals surface area (Å²) in [6.45, 7) is 4.76. The molecule has 0 aliphatic carbocycles. The zero-order valence-electron chi connectivity index (χ0n) is 15.2. The lowest BCUT2D eigenvalue weighted by molar-refractivity contribution is -0.125. The quantitative estimate of drug-likeness (QED) is 0.574. The number of rotatable bonds is 7. The molecule has 1 aromatic rings. The lowest BCUT2D eigenvalue weighted by Crippen LogP contribution is -2.44. The van der Waals surface area contributed by atoms with Gasteiger partial charge >= 0.3 is 0 Å². The minimum Gasteiger partial charge on any atom is -0.494 e. The summed E-state index contributed by atoms with van der Waals surface area (Å²) in [4.78, 5) is 14.5. The van der Waals surface area contributed by atoms with Gasteiger partial charge in [-0.25, -0.2) is 0 Å². The largest absolute Gasteiger partial charge is 0.494 e. The molecule has 6 heteroatoms. The van der Waals surface area contributed by atoms with Crippen molar-refractivity contribution in [2.24, 2.45) is 5.92 Å². The second-order valence-electron chi connectivity index (χ2n) is 6.62. The number of likely N-dealkylation sites (tertiary alicyclic amines) is 1. The Labute approximate surface area is 156 Å². The normalized spacial score (nSPS) is 17.8. The predicted octanol–water partition coefficient (Wildman–Crippen LogP) is 3.41. The third-order valence-corrected chi connectivity index (χ3v) is 4.56. The van der Waals surface area contributed by atoms with Gasteiger partial charge in [0, 0.05) is 12.2 Å². The second-order valence-corrected chi connectivity index (χ2v) is 7.03. The van der Waals surface area contributed by atoms with Crippen LogP contribution < -0.4 is 15.4 Å². The molecule has 138 valence electrons. The molecule has 2 N–H and O–H groups in total. The molecule has 1 saturated heterocycles. The Kier molecular flexibility index (Phi) is 8.15. The smallest absolute Gasteiger partial charge is 0.230 e. The van der Waals surface area contributed by atoms with E-state index in [1.807, 2.05) is 31.3 Å². The lowest BCUT2D eigenvalue weighted by Gasteiger charge is -2.28. The number of nitrogens with zero attached hydrogens (tertiary/aromatic N) is 1. The summed E-state index contributed by atoms with van der Waals surface area (Å²) < 4.78 is 5.69. The number of piperidine rings is 1. The van der Waals surface area contributed by atoms with Gasteiger partial charge in [-0.3, -0.25) is 4.79 Å². The van der Waals surface area contributed by atoms with E-state index in [9.17, 15) is 4.79 Å². The number of ether oxygens (including phenoxy) is 1. The summed E-state index contributed by atoms with van der Waals surface area (Å²) in [7, 11) is 2.04. The van der Waals surface area contributed by atoms with Crippen molar-refractivity contribution < 1.29 is 9.53 Å². The Morgan fingerprint density at radius 3 is 2.76 bits per heavy atom. The summed E-state index contributed by atoms with van der Waals surface area (Å²) in [5.41, 5.74) is 0.840. The lowest BCUT2D eigenvalue weighted by atomic mass is 9.98. The molecule has 1 aromatic carbocycles. The molecule has 0 radical (unpaired) electrons. The number of carbonyl (C=O) groups excluding carboxylic acids is 1. The van der Waals surface area contributed by atoms with Crippen LogP contribution in [0.2, 0.25) is 0 Å². The van der Waals surface area contributed by atoms with Crippen LogP contribution in [0.4, 0.5) is 5.69 Å². The first-order valence-corrected chi connectivity index (χ1v) is 9.52. The summed E-state index contributed by atoms with van der Waals surface area (Å²) >= 11 is 5.26. The average molecular weight is 364 g/mol. The molecule has 1 fully saturated rings. The second kappa shape index (κ2) is 10.4. The van der Waals surface area contributed by atoms with E-state index in [1.165, 1.54) is 12.8 Å². The maximum absolute atomic E-state index is 12.3. The molecule has 2 rings (SSSR count). The third kappa shape index (κ3) is 7.00. The van der Waals surface area contributed by atoms with Gasteiger partial charge < -0.3 is 20.3 Å². The Morgan fingerprint density at radius 1 is 1.32 bits per heavy atom. The third-order valence-electron chi connectivity index (χ3n) is 4.36. The van der Waals surface area contributed by atoms with Crippen LogP contribution in [-0.4, -0.2) is 42.7 Å². The van der Waals surface area contributed by atoms with Crippen LogP contribution in [0.1, 0.15) is 39.0 Å². The summed E-state index contributed by atoms with van der Waals surface area (Å²) in [5.74, 6) is 0.860. The first-order valence-electron chi connectivity index (χ1n) is 9.11. The highest BCUT2D eigenvalue weighted by Crippen LogP contribution is 2.17. The number of hydrogen-bond acceptors (Lipinski definition) is 4. The maximum atomic E-state index is 12.3.